The van der Waals surface area contributed by atoms with Crippen LogP contribution in [0.5, 0.6) is 0 Å². The molecule has 2 heterocycles. The number of hydrogen-bond donors (Lipinski definition) is 2. The van der Waals surface area contributed by atoms with Gasteiger partial charge in [0.1, 0.15) is 5.82 Å². The van der Waals surface area contributed by atoms with Crippen LogP contribution >= 0.6 is 23.1 Å². The van der Waals surface area contributed by atoms with Crippen LogP contribution in [-0.2, 0) is 11.2 Å². The summed E-state index contributed by atoms with van der Waals surface area (Å²) in [5, 5.41) is 19.4. The number of anilines is 2. The highest BCUT2D eigenvalue weighted by Crippen LogP contribution is 2.25. The molecule has 0 saturated heterocycles. The van der Waals surface area contributed by atoms with E-state index in [4.69, 9.17) is 0 Å². The number of hydrogen-bond acceptors (Lipinski definition) is 7. The maximum atomic E-state index is 12.2. The molecule has 2 N–H and O–H groups in total. The van der Waals surface area contributed by atoms with E-state index in [0.29, 0.717) is 5.82 Å². The number of amides is 1. The van der Waals surface area contributed by atoms with Crippen LogP contribution in [0.3, 0.4) is 0 Å². The highest BCUT2D eigenvalue weighted by molar-refractivity contribution is 8.01. The first kappa shape index (κ1) is 19.4. The van der Waals surface area contributed by atoms with Gasteiger partial charge in [-0.2, -0.15) is 5.10 Å². The van der Waals surface area contributed by atoms with Crippen LogP contribution in [0.4, 0.5) is 10.9 Å². The lowest BCUT2D eigenvalue weighted by Crippen LogP contribution is -2.18. The minimum absolute atomic E-state index is 0.0869. The normalized spacial score (nSPS) is 10.9. The molecule has 9 heteroatoms. The van der Waals surface area contributed by atoms with E-state index in [1.807, 2.05) is 32.0 Å². The molecule has 0 radical (unpaired) electrons. The van der Waals surface area contributed by atoms with Gasteiger partial charge >= 0.3 is 0 Å². The molecule has 142 valence electrons. The van der Waals surface area contributed by atoms with Gasteiger partial charge in [0.05, 0.1) is 11.9 Å². The van der Waals surface area contributed by atoms with Gasteiger partial charge in [-0.05, 0) is 25.8 Å². The van der Waals surface area contributed by atoms with Crippen LogP contribution in [0.15, 0.2) is 46.9 Å². The third kappa shape index (κ3) is 5.80. The standard InChI is InChI=1S/C18H22N6OS2/c1-13(2)24-15(9-11-20-24)21-16(25)12-26-18-23-22-17(27-18)19-10-8-14-6-4-3-5-7-14/h3-7,9,11,13H,8,10,12H2,1-2H3,(H,19,22)(H,21,25). The zero-order chi connectivity index (χ0) is 19.1. The van der Waals surface area contributed by atoms with E-state index in [-0.39, 0.29) is 17.7 Å². The minimum Gasteiger partial charge on any atom is -0.360 e. The molecular weight excluding hydrogens is 380 g/mol. The highest BCUT2D eigenvalue weighted by atomic mass is 32.2. The summed E-state index contributed by atoms with van der Waals surface area (Å²) in [6.45, 7) is 4.83. The second-order valence-electron chi connectivity index (χ2n) is 6.13. The molecular formula is C18H22N6OS2. The molecule has 0 aliphatic carbocycles. The Morgan fingerprint density at radius 2 is 2.04 bits per heavy atom. The number of nitrogens with zero attached hydrogens (tertiary/aromatic N) is 4. The summed E-state index contributed by atoms with van der Waals surface area (Å²) in [6.07, 6.45) is 2.61. The summed E-state index contributed by atoms with van der Waals surface area (Å²) in [7, 11) is 0. The molecule has 0 bridgehead atoms. The lowest BCUT2D eigenvalue weighted by Gasteiger charge is -2.11. The van der Waals surface area contributed by atoms with Crippen molar-refractivity contribution in [3.63, 3.8) is 0 Å². The van der Waals surface area contributed by atoms with Crippen molar-refractivity contribution in [1.29, 1.82) is 0 Å². The Bertz CT molecular complexity index is 862. The molecule has 0 fully saturated rings. The first-order chi connectivity index (χ1) is 13.1. The van der Waals surface area contributed by atoms with Crippen molar-refractivity contribution in [2.24, 2.45) is 0 Å². The molecule has 1 aromatic carbocycles. The summed E-state index contributed by atoms with van der Waals surface area (Å²) in [5.74, 6) is 0.898. The van der Waals surface area contributed by atoms with Crippen LogP contribution in [-0.4, -0.2) is 38.2 Å². The monoisotopic (exact) mass is 402 g/mol. The Labute approximate surface area is 166 Å². The van der Waals surface area contributed by atoms with Gasteiger partial charge in [-0.3, -0.25) is 4.79 Å². The number of thioether (sulfide) groups is 1. The second-order valence-corrected chi connectivity index (χ2v) is 8.33. The summed E-state index contributed by atoms with van der Waals surface area (Å²) >= 11 is 2.84. The summed E-state index contributed by atoms with van der Waals surface area (Å²) in [5.41, 5.74) is 1.28. The van der Waals surface area contributed by atoms with Crippen molar-refractivity contribution in [2.75, 3.05) is 22.9 Å². The topological polar surface area (TPSA) is 84.7 Å². The van der Waals surface area contributed by atoms with E-state index in [0.717, 1.165) is 22.4 Å². The van der Waals surface area contributed by atoms with Crippen molar-refractivity contribution in [2.45, 2.75) is 30.6 Å². The Morgan fingerprint density at radius 1 is 1.22 bits per heavy atom. The molecule has 0 spiro atoms. The number of aromatic nitrogens is 4. The SMILES string of the molecule is CC(C)n1nccc1NC(=O)CSc1nnc(NCCc2ccccc2)s1. The fourth-order valence-corrected chi connectivity index (χ4v) is 4.01. The van der Waals surface area contributed by atoms with Crippen molar-refractivity contribution in [3.05, 3.63) is 48.2 Å². The van der Waals surface area contributed by atoms with Crippen LogP contribution in [0.1, 0.15) is 25.5 Å². The molecule has 0 aliphatic heterocycles. The molecule has 1 amide bonds. The Kier molecular flexibility index (Phi) is 6.83. The number of benzene rings is 1. The molecule has 7 nitrogen and oxygen atoms in total. The van der Waals surface area contributed by atoms with E-state index in [1.54, 1.807) is 16.9 Å². The highest BCUT2D eigenvalue weighted by Gasteiger charge is 2.11. The van der Waals surface area contributed by atoms with Gasteiger partial charge in [0.2, 0.25) is 11.0 Å². The number of carbonyl (C=O) groups excluding carboxylic acids is 1. The van der Waals surface area contributed by atoms with E-state index in [2.05, 4.69) is 38.1 Å². The predicted octanol–water partition coefficient (Wildman–Crippen LogP) is 3.70. The first-order valence-electron chi connectivity index (χ1n) is 8.69. The van der Waals surface area contributed by atoms with Gasteiger partial charge in [0, 0.05) is 18.7 Å². The Morgan fingerprint density at radius 3 is 2.81 bits per heavy atom. The van der Waals surface area contributed by atoms with Crippen LogP contribution in [0, 0.1) is 0 Å². The largest absolute Gasteiger partial charge is 0.360 e. The van der Waals surface area contributed by atoms with E-state index < -0.39 is 0 Å². The molecule has 2 aromatic heterocycles. The predicted molar refractivity (Wildman–Crippen MR) is 111 cm³/mol. The maximum Gasteiger partial charge on any atom is 0.235 e. The summed E-state index contributed by atoms with van der Waals surface area (Å²) in [6, 6.07) is 12.3. The van der Waals surface area contributed by atoms with Gasteiger partial charge < -0.3 is 10.6 Å². The molecule has 3 aromatic rings. The molecule has 27 heavy (non-hydrogen) atoms. The van der Waals surface area contributed by atoms with Crippen LogP contribution in [0.2, 0.25) is 0 Å². The van der Waals surface area contributed by atoms with E-state index in [1.165, 1.54) is 28.7 Å². The second kappa shape index (κ2) is 9.52. The van der Waals surface area contributed by atoms with E-state index in [9.17, 15) is 4.79 Å². The molecule has 0 aliphatic rings. The average molecular weight is 403 g/mol. The van der Waals surface area contributed by atoms with Gasteiger partial charge in [-0.25, -0.2) is 4.68 Å². The van der Waals surface area contributed by atoms with Crippen LogP contribution < -0.4 is 10.6 Å². The fraction of sp³-hybridized carbons (Fsp3) is 0.333. The number of rotatable bonds is 9. The molecule has 0 saturated carbocycles. The van der Waals surface area contributed by atoms with Gasteiger partial charge in [-0.1, -0.05) is 53.4 Å². The van der Waals surface area contributed by atoms with Crippen molar-refractivity contribution < 1.29 is 4.79 Å². The quantitative estimate of drug-likeness (QED) is 0.531. The average Bonchev–Trinajstić information content (AvgIpc) is 3.30. The fourth-order valence-electron chi connectivity index (χ4n) is 2.43. The van der Waals surface area contributed by atoms with E-state index >= 15 is 0 Å². The minimum atomic E-state index is -0.0869. The third-order valence-corrected chi connectivity index (χ3v) is 5.71. The third-order valence-electron chi connectivity index (χ3n) is 3.69. The Balaban J connectivity index is 1.42. The van der Waals surface area contributed by atoms with Crippen molar-refractivity contribution in [3.8, 4) is 0 Å². The summed E-state index contributed by atoms with van der Waals surface area (Å²) < 4.78 is 2.55. The maximum absolute atomic E-state index is 12.2. The van der Waals surface area contributed by atoms with Crippen LogP contribution in [0.25, 0.3) is 0 Å². The Hall–Kier alpha value is -2.39. The molecule has 0 atom stereocenters. The van der Waals surface area contributed by atoms with Gasteiger partial charge in [0.25, 0.3) is 0 Å². The lowest BCUT2D eigenvalue weighted by atomic mass is 10.2. The molecule has 3 rings (SSSR count). The van der Waals surface area contributed by atoms with Gasteiger partial charge in [-0.15, -0.1) is 10.2 Å². The zero-order valence-corrected chi connectivity index (χ0v) is 16.9. The molecule has 0 unspecified atom stereocenters. The first-order valence-corrected chi connectivity index (χ1v) is 10.5. The van der Waals surface area contributed by atoms with Gasteiger partial charge in [0.15, 0.2) is 4.34 Å². The van der Waals surface area contributed by atoms with Crippen molar-refractivity contribution >= 4 is 40.0 Å². The number of nitrogens with one attached hydrogen (secondary N) is 2. The summed E-state index contributed by atoms with van der Waals surface area (Å²) in [4.78, 5) is 12.2. The van der Waals surface area contributed by atoms with Crippen molar-refractivity contribution in [1.82, 2.24) is 20.0 Å². The lowest BCUT2D eigenvalue weighted by molar-refractivity contribution is -0.113. The smallest absolute Gasteiger partial charge is 0.235 e. The zero-order valence-electron chi connectivity index (χ0n) is 15.3. The number of carbonyl (C=O) groups is 1.